The second kappa shape index (κ2) is 5.51. The van der Waals surface area contributed by atoms with Gasteiger partial charge in [0.25, 0.3) is 5.69 Å². The van der Waals surface area contributed by atoms with Crippen molar-refractivity contribution in [2.75, 3.05) is 5.32 Å². The van der Waals surface area contributed by atoms with E-state index in [-0.39, 0.29) is 5.69 Å². The number of hydrogen-bond acceptors (Lipinski definition) is 4. The van der Waals surface area contributed by atoms with Gasteiger partial charge in [-0.25, -0.2) is 0 Å². The Morgan fingerprint density at radius 3 is 2.58 bits per heavy atom. The summed E-state index contributed by atoms with van der Waals surface area (Å²) in [5, 5.41) is 18.0. The summed E-state index contributed by atoms with van der Waals surface area (Å²) in [6.45, 7) is 4.78. The first-order valence-corrected chi connectivity index (χ1v) is 6.07. The second-order valence-corrected chi connectivity index (χ2v) is 4.58. The minimum atomic E-state index is -0.406. The molecule has 100 valence electrons. The summed E-state index contributed by atoms with van der Waals surface area (Å²) in [6, 6.07) is 6.71. The van der Waals surface area contributed by atoms with Crippen LogP contribution in [-0.2, 0) is 6.54 Å². The lowest BCUT2D eigenvalue weighted by molar-refractivity contribution is -0.384. The number of benzene rings is 1. The number of anilines is 1. The molecule has 0 atom stereocenters. The average molecular weight is 260 g/mol. The summed E-state index contributed by atoms with van der Waals surface area (Å²) < 4.78 is 1.90. The normalized spacial score (nSPS) is 10.7. The van der Waals surface area contributed by atoms with Crippen molar-refractivity contribution in [3.63, 3.8) is 0 Å². The molecule has 0 aliphatic heterocycles. The van der Waals surface area contributed by atoms with E-state index in [0.717, 1.165) is 11.3 Å². The molecule has 0 saturated carbocycles. The monoisotopic (exact) mass is 260 g/mol. The highest BCUT2D eigenvalue weighted by Gasteiger charge is 2.04. The Kier molecular flexibility index (Phi) is 3.79. The lowest BCUT2D eigenvalue weighted by atomic mass is 10.2. The van der Waals surface area contributed by atoms with Gasteiger partial charge in [-0.2, -0.15) is 5.10 Å². The Hall–Kier alpha value is -2.37. The highest BCUT2D eigenvalue weighted by atomic mass is 16.6. The first-order chi connectivity index (χ1) is 9.06. The van der Waals surface area contributed by atoms with Crippen LogP contribution >= 0.6 is 0 Å². The number of nitrogens with zero attached hydrogens (tertiary/aromatic N) is 3. The molecule has 0 saturated heterocycles. The molecular formula is C13H16N4O2. The van der Waals surface area contributed by atoms with Gasteiger partial charge in [0.15, 0.2) is 0 Å². The van der Waals surface area contributed by atoms with Gasteiger partial charge in [0.1, 0.15) is 0 Å². The Morgan fingerprint density at radius 2 is 2.05 bits per heavy atom. The van der Waals surface area contributed by atoms with Crippen LogP contribution in [0, 0.1) is 10.1 Å². The van der Waals surface area contributed by atoms with Gasteiger partial charge in [-0.15, -0.1) is 0 Å². The van der Waals surface area contributed by atoms with Crippen LogP contribution in [0.25, 0.3) is 0 Å². The molecule has 0 aliphatic rings. The molecule has 2 aromatic rings. The highest BCUT2D eigenvalue weighted by molar-refractivity contribution is 5.48. The maximum Gasteiger partial charge on any atom is 0.269 e. The van der Waals surface area contributed by atoms with Crippen LogP contribution in [-0.4, -0.2) is 14.7 Å². The van der Waals surface area contributed by atoms with Crippen molar-refractivity contribution >= 4 is 11.4 Å². The van der Waals surface area contributed by atoms with E-state index < -0.39 is 4.92 Å². The molecule has 1 aromatic carbocycles. The molecule has 1 aromatic heterocycles. The zero-order chi connectivity index (χ0) is 13.8. The molecule has 6 heteroatoms. The van der Waals surface area contributed by atoms with Crippen molar-refractivity contribution in [2.45, 2.75) is 26.4 Å². The van der Waals surface area contributed by atoms with Gasteiger partial charge in [-0.1, -0.05) is 0 Å². The van der Waals surface area contributed by atoms with Crippen LogP contribution in [0.15, 0.2) is 36.7 Å². The molecule has 0 amide bonds. The molecular weight excluding hydrogens is 244 g/mol. The van der Waals surface area contributed by atoms with E-state index in [1.807, 2.05) is 17.1 Å². The molecule has 6 nitrogen and oxygen atoms in total. The topological polar surface area (TPSA) is 73.0 Å². The Morgan fingerprint density at radius 1 is 1.37 bits per heavy atom. The fourth-order valence-corrected chi connectivity index (χ4v) is 1.66. The second-order valence-electron chi connectivity index (χ2n) is 4.58. The number of hydrogen-bond donors (Lipinski definition) is 1. The van der Waals surface area contributed by atoms with Crippen molar-refractivity contribution in [2.24, 2.45) is 0 Å². The zero-order valence-corrected chi connectivity index (χ0v) is 10.9. The highest BCUT2D eigenvalue weighted by Crippen LogP contribution is 2.16. The quantitative estimate of drug-likeness (QED) is 0.662. The van der Waals surface area contributed by atoms with Gasteiger partial charge < -0.3 is 5.32 Å². The molecule has 1 heterocycles. The molecule has 2 rings (SSSR count). The smallest absolute Gasteiger partial charge is 0.269 e. The van der Waals surface area contributed by atoms with Gasteiger partial charge in [0.05, 0.1) is 11.1 Å². The van der Waals surface area contributed by atoms with E-state index in [0.29, 0.717) is 12.6 Å². The van der Waals surface area contributed by atoms with E-state index in [1.165, 1.54) is 12.1 Å². The van der Waals surface area contributed by atoms with Gasteiger partial charge in [-0.3, -0.25) is 14.8 Å². The fourth-order valence-electron chi connectivity index (χ4n) is 1.66. The predicted octanol–water partition coefficient (Wildman–Crippen LogP) is 2.98. The van der Waals surface area contributed by atoms with Crippen molar-refractivity contribution in [3.05, 3.63) is 52.3 Å². The molecule has 0 radical (unpaired) electrons. The van der Waals surface area contributed by atoms with Crippen LogP contribution in [0.2, 0.25) is 0 Å². The van der Waals surface area contributed by atoms with Crippen molar-refractivity contribution in [1.82, 2.24) is 9.78 Å². The summed E-state index contributed by atoms with van der Waals surface area (Å²) in [7, 11) is 0. The molecule has 0 bridgehead atoms. The minimum absolute atomic E-state index is 0.0955. The Balaban J connectivity index is 1.96. The standard InChI is InChI=1S/C13H16N4O2/c1-10(2)16-9-11(8-15-16)7-14-12-3-5-13(6-4-12)17(18)19/h3-6,8-10,14H,7H2,1-2H3. The summed E-state index contributed by atoms with van der Waals surface area (Å²) >= 11 is 0. The zero-order valence-electron chi connectivity index (χ0n) is 10.9. The summed E-state index contributed by atoms with van der Waals surface area (Å²) in [4.78, 5) is 10.1. The summed E-state index contributed by atoms with van der Waals surface area (Å²) in [5.74, 6) is 0. The number of nitrogens with one attached hydrogen (secondary N) is 1. The number of aromatic nitrogens is 2. The molecule has 0 aliphatic carbocycles. The van der Waals surface area contributed by atoms with Crippen LogP contribution in [0.5, 0.6) is 0 Å². The largest absolute Gasteiger partial charge is 0.381 e. The molecule has 1 N–H and O–H groups in total. The van der Waals surface area contributed by atoms with E-state index in [2.05, 4.69) is 24.3 Å². The molecule has 0 unspecified atom stereocenters. The molecule has 19 heavy (non-hydrogen) atoms. The lowest BCUT2D eigenvalue weighted by Gasteiger charge is -2.05. The lowest BCUT2D eigenvalue weighted by Crippen LogP contribution is -2.01. The van der Waals surface area contributed by atoms with Gasteiger partial charge in [0.2, 0.25) is 0 Å². The fraction of sp³-hybridized carbons (Fsp3) is 0.308. The van der Waals surface area contributed by atoms with E-state index in [9.17, 15) is 10.1 Å². The van der Waals surface area contributed by atoms with Gasteiger partial charge in [-0.05, 0) is 26.0 Å². The SMILES string of the molecule is CC(C)n1cc(CNc2ccc([N+](=O)[O-])cc2)cn1. The van der Waals surface area contributed by atoms with Crippen LogP contribution < -0.4 is 5.32 Å². The molecule has 0 fully saturated rings. The Labute approximate surface area is 111 Å². The van der Waals surface area contributed by atoms with E-state index in [4.69, 9.17) is 0 Å². The number of nitro groups is 1. The van der Waals surface area contributed by atoms with Gasteiger partial charge in [0, 0.05) is 42.2 Å². The Bertz CT molecular complexity index is 560. The first kappa shape index (κ1) is 13.1. The number of rotatable bonds is 5. The van der Waals surface area contributed by atoms with Crippen molar-refractivity contribution in [3.8, 4) is 0 Å². The summed E-state index contributed by atoms with van der Waals surface area (Å²) in [5.41, 5.74) is 2.02. The van der Waals surface area contributed by atoms with Crippen LogP contribution in [0.1, 0.15) is 25.5 Å². The third-order valence-corrected chi connectivity index (χ3v) is 2.76. The third-order valence-electron chi connectivity index (χ3n) is 2.76. The van der Waals surface area contributed by atoms with Gasteiger partial charge >= 0.3 is 0 Å². The third kappa shape index (κ3) is 3.31. The maximum atomic E-state index is 10.5. The maximum absolute atomic E-state index is 10.5. The van der Waals surface area contributed by atoms with E-state index in [1.54, 1.807) is 12.1 Å². The average Bonchev–Trinajstić information content (AvgIpc) is 2.86. The van der Waals surface area contributed by atoms with Crippen molar-refractivity contribution in [1.29, 1.82) is 0 Å². The number of nitro benzene ring substituents is 1. The van der Waals surface area contributed by atoms with Crippen molar-refractivity contribution < 1.29 is 4.92 Å². The summed E-state index contributed by atoms with van der Waals surface area (Å²) in [6.07, 6.45) is 3.81. The molecule has 0 spiro atoms. The van der Waals surface area contributed by atoms with E-state index >= 15 is 0 Å². The predicted molar refractivity (Wildman–Crippen MR) is 73.0 cm³/mol. The van der Waals surface area contributed by atoms with Crippen LogP contribution in [0.3, 0.4) is 0 Å². The number of non-ortho nitro benzene ring substituents is 1. The van der Waals surface area contributed by atoms with Crippen LogP contribution in [0.4, 0.5) is 11.4 Å². The first-order valence-electron chi connectivity index (χ1n) is 6.07. The minimum Gasteiger partial charge on any atom is -0.381 e.